The van der Waals surface area contributed by atoms with Gasteiger partial charge in [0.25, 0.3) is 5.91 Å². The first-order valence-corrected chi connectivity index (χ1v) is 9.59. The predicted octanol–water partition coefficient (Wildman–Crippen LogP) is 2.75. The number of likely N-dealkylation sites (tertiary alicyclic amines) is 1. The molecule has 0 saturated carbocycles. The van der Waals surface area contributed by atoms with Crippen LogP contribution in [0.15, 0.2) is 60.7 Å². The predicted molar refractivity (Wildman–Crippen MR) is 112 cm³/mol. The van der Waals surface area contributed by atoms with Crippen molar-refractivity contribution in [2.45, 2.75) is 18.5 Å². The monoisotopic (exact) mass is 394 g/mol. The molecule has 0 aliphatic carbocycles. The van der Waals surface area contributed by atoms with Crippen molar-refractivity contribution < 1.29 is 19.1 Å². The van der Waals surface area contributed by atoms with Crippen molar-refractivity contribution in [2.24, 2.45) is 0 Å². The van der Waals surface area contributed by atoms with E-state index in [1.165, 1.54) is 7.11 Å². The van der Waals surface area contributed by atoms with Gasteiger partial charge in [-0.05, 0) is 30.2 Å². The molecular formula is C23H26N2O4. The fraction of sp³-hybridized carbons (Fsp3) is 0.304. The zero-order valence-electron chi connectivity index (χ0n) is 16.7. The number of benzene rings is 2. The second kappa shape index (κ2) is 9.89. The molecule has 1 heterocycles. The average Bonchev–Trinajstić information content (AvgIpc) is 3.16. The van der Waals surface area contributed by atoms with Gasteiger partial charge in [0, 0.05) is 24.7 Å². The molecule has 1 saturated heterocycles. The summed E-state index contributed by atoms with van der Waals surface area (Å²) in [5.41, 5.74) is 1.63. The van der Waals surface area contributed by atoms with Crippen LogP contribution in [0.3, 0.4) is 0 Å². The van der Waals surface area contributed by atoms with E-state index in [9.17, 15) is 9.59 Å². The van der Waals surface area contributed by atoms with E-state index in [2.05, 4.69) is 5.32 Å². The van der Waals surface area contributed by atoms with Gasteiger partial charge in [0.2, 0.25) is 0 Å². The van der Waals surface area contributed by atoms with Crippen molar-refractivity contribution in [3.63, 3.8) is 0 Å². The van der Waals surface area contributed by atoms with E-state index in [1.54, 1.807) is 31.4 Å². The van der Waals surface area contributed by atoms with Gasteiger partial charge in [0.1, 0.15) is 11.8 Å². The van der Waals surface area contributed by atoms with Gasteiger partial charge in [-0.2, -0.15) is 0 Å². The number of amides is 1. The van der Waals surface area contributed by atoms with Crippen LogP contribution < -0.4 is 10.1 Å². The highest BCUT2D eigenvalue weighted by atomic mass is 16.5. The second-order valence-electron chi connectivity index (χ2n) is 6.94. The molecule has 1 aliphatic rings. The Morgan fingerprint density at radius 3 is 2.66 bits per heavy atom. The third-order valence-electron chi connectivity index (χ3n) is 4.99. The molecule has 0 radical (unpaired) electrons. The number of esters is 1. The first kappa shape index (κ1) is 20.6. The van der Waals surface area contributed by atoms with Crippen molar-refractivity contribution in [1.82, 2.24) is 10.2 Å². The Bertz CT molecular complexity index is 866. The Morgan fingerprint density at radius 2 is 1.93 bits per heavy atom. The van der Waals surface area contributed by atoms with Crippen LogP contribution in [0.25, 0.3) is 6.08 Å². The van der Waals surface area contributed by atoms with Crippen molar-refractivity contribution >= 4 is 18.0 Å². The number of carbonyl (C=O) groups is 2. The third-order valence-corrected chi connectivity index (χ3v) is 4.99. The van der Waals surface area contributed by atoms with Crippen LogP contribution in [0.5, 0.6) is 5.75 Å². The third kappa shape index (κ3) is 5.45. The van der Waals surface area contributed by atoms with Crippen molar-refractivity contribution in [3.05, 3.63) is 71.8 Å². The smallest absolute Gasteiger partial charge is 0.323 e. The van der Waals surface area contributed by atoms with E-state index in [1.807, 2.05) is 47.4 Å². The standard InChI is InChI=1S/C23H26N2O4/c1-28-20-12-6-11-18(14-20)22(26)24-19-15-21(23(27)29-2)25(16-19)13-7-10-17-8-4-3-5-9-17/h3-12,14,19,21H,13,15-16H2,1-2H3,(H,24,26)/t19-,21+/m1/s1. The molecule has 152 valence electrons. The number of carbonyl (C=O) groups excluding carboxylic acids is 2. The number of rotatable bonds is 7. The molecule has 0 unspecified atom stereocenters. The summed E-state index contributed by atoms with van der Waals surface area (Å²) < 4.78 is 10.1. The molecule has 1 amide bonds. The minimum atomic E-state index is -0.379. The maximum atomic E-state index is 12.6. The zero-order valence-corrected chi connectivity index (χ0v) is 16.7. The lowest BCUT2D eigenvalue weighted by molar-refractivity contribution is -0.145. The van der Waals surface area contributed by atoms with Gasteiger partial charge < -0.3 is 14.8 Å². The van der Waals surface area contributed by atoms with Crippen molar-refractivity contribution in [2.75, 3.05) is 27.3 Å². The molecule has 0 bridgehead atoms. The minimum Gasteiger partial charge on any atom is -0.497 e. The van der Waals surface area contributed by atoms with Crippen LogP contribution in [0.1, 0.15) is 22.3 Å². The number of hydrogen-bond donors (Lipinski definition) is 1. The molecule has 6 nitrogen and oxygen atoms in total. The van der Waals surface area contributed by atoms with Gasteiger partial charge >= 0.3 is 5.97 Å². The maximum absolute atomic E-state index is 12.6. The van der Waals surface area contributed by atoms with E-state index in [0.717, 1.165) is 5.56 Å². The molecular weight excluding hydrogens is 368 g/mol. The molecule has 0 aromatic heterocycles. The van der Waals surface area contributed by atoms with E-state index >= 15 is 0 Å². The van der Waals surface area contributed by atoms with Crippen LogP contribution in [0.4, 0.5) is 0 Å². The summed E-state index contributed by atoms with van der Waals surface area (Å²) in [6.07, 6.45) is 4.57. The Labute approximate surface area is 171 Å². The highest BCUT2D eigenvalue weighted by Crippen LogP contribution is 2.20. The van der Waals surface area contributed by atoms with Gasteiger partial charge in [-0.3, -0.25) is 14.5 Å². The van der Waals surface area contributed by atoms with Crippen LogP contribution in [0.2, 0.25) is 0 Å². The fourth-order valence-corrected chi connectivity index (χ4v) is 3.51. The number of ether oxygens (including phenoxy) is 2. The van der Waals surface area contributed by atoms with Crippen LogP contribution in [-0.2, 0) is 9.53 Å². The SMILES string of the molecule is COC(=O)[C@@H]1C[C@@H](NC(=O)c2cccc(OC)c2)CN1CC=Cc1ccccc1. The number of nitrogens with one attached hydrogen (secondary N) is 1. The summed E-state index contributed by atoms with van der Waals surface area (Å²) in [4.78, 5) is 26.9. The summed E-state index contributed by atoms with van der Waals surface area (Å²) in [6, 6.07) is 16.5. The highest BCUT2D eigenvalue weighted by molar-refractivity contribution is 5.94. The van der Waals surface area contributed by atoms with E-state index in [-0.39, 0.29) is 24.0 Å². The molecule has 2 atom stereocenters. The van der Waals surface area contributed by atoms with Gasteiger partial charge in [-0.25, -0.2) is 0 Å². The van der Waals surface area contributed by atoms with E-state index in [0.29, 0.717) is 30.8 Å². The van der Waals surface area contributed by atoms with Gasteiger partial charge in [0.05, 0.1) is 14.2 Å². The highest BCUT2D eigenvalue weighted by Gasteiger charge is 2.37. The number of nitrogens with zero attached hydrogens (tertiary/aromatic N) is 1. The summed E-state index contributed by atoms with van der Waals surface area (Å²) in [5.74, 6) is 0.166. The van der Waals surface area contributed by atoms with Gasteiger partial charge in [-0.1, -0.05) is 48.6 Å². The van der Waals surface area contributed by atoms with Crippen molar-refractivity contribution in [3.8, 4) is 5.75 Å². The molecule has 1 fully saturated rings. The molecule has 1 N–H and O–H groups in total. The Hall–Kier alpha value is -3.12. The summed E-state index contributed by atoms with van der Waals surface area (Å²) in [7, 11) is 2.96. The summed E-state index contributed by atoms with van der Waals surface area (Å²) >= 11 is 0. The van der Waals surface area contributed by atoms with Gasteiger partial charge in [0.15, 0.2) is 0 Å². The Balaban J connectivity index is 1.64. The molecule has 0 spiro atoms. The first-order chi connectivity index (χ1) is 14.1. The first-order valence-electron chi connectivity index (χ1n) is 9.59. The quantitative estimate of drug-likeness (QED) is 0.732. The van der Waals surface area contributed by atoms with Crippen LogP contribution in [0, 0.1) is 0 Å². The van der Waals surface area contributed by atoms with Gasteiger partial charge in [-0.15, -0.1) is 0 Å². The van der Waals surface area contributed by atoms with Crippen molar-refractivity contribution in [1.29, 1.82) is 0 Å². The molecule has 2 aromatic carbocycles. The molecule has 2 aromatic rings. The molecule has 6 heteroatoms. The lowest BCUT2D eigenvalue weighted by atomic mass is 10.1. The average molecular weight is 394 g/mol. The summed E-state index contributed by atoms with van der Waals surface area (Å²) in [5, 5.41) is 3.03. The van der Waals surface area contributed by atoms with Crippen LogP contribution >= 0.6 is 0 Å². The Morgan fingerprint density at radius 1 is 1.14 bits per heavy atom. The molecule has 1 aliphatic heterocycles. The fourth-order valence-electron chi connectivity index (χ4n) is 3.51. The van der Waals surface area contributed by atoms with Crippen LogP contribution in [-0.4, -0.2) is 56.2 Å². The largest absolute Gasteiger partial charge is 0.497 e. The summed E-state index contributed by atoms with van der Waals surface area (Å²) in [6.45, 7) is 1.18. The number of methoxy groups -OCH3 is 2. The lowest BCUT2D eigenvalue weighted by Gasteiger charge is -2.20. The van der Waals surface area contributed by atoms with E-state index < -0.39 is 0 Å². The molecule has 29 heavy (non-hydrogen) atoms. The number of hydrogen-bond acceptors (Lipinski definition) is 5. The minimum absolute atomic E-state index is 0.136. The molecule has 3 rings (SSSR count). The maximum Gasteiger partial charge on any atom is 0.323 e. The Kier molecular flexibility index (Phi) is 7.03. The van der Waals surface area contributed by atoms with E-state index in [4.69, 9.17) is 9.47 Å². The second-order valence-corrected chi connectivity index (χ2v) is 6.94. The lowest BCUT2D eigenvalue weighted by Crippen LogP contribution is -2.38. The normalized spacial score (nSPS) is 19.2. The zero-order chi connectivity index (χ0) is 20.6. The topological polar surface area (TPSA) is 67.9 Å².